The third-order valence-corrected chi connectivity index (χ3v) is 3.81. The first-order chi connectivity index (χ1) is 13.2. The van der Waals surface area contributed by atoms with Gasteiger partial charge in [-0.1, -0.05) is 12.1 Å². The molecule has 27 heavy (non-hydrogen) atoms. The van der Waals surface area contributed by atoms with E-state index in [2.05, 4.69) is 30.9 Å². The summed E-state index contributed by atoms with van der Waals surface area (Å²) in [4.78, 5) is 16.8. The number of ether oxygens (including phenoxy) is 1. The molecule has 0 fully saturated rings. The molecule has 0 aliphatic heterocycles. The summed E-state index contributed by atoms with van der Waals surface area (Å²) in [5.74, 6) is 0.264. The van der Waals surface area contributed by atoms with Gasteiger partial charge in [-0.05, 0) is 28.6 Å². The first-order valence-electron chi connectivity index (χ1n) is 7.92. The maximum atomic E-state index is 12.9. The number of nitrogens with one attached hydrogen (secondary N) is 1. The molecule has 0 saturated carbocycles. The van der Waals surface area contributed by atoms with E-state index in [1.807, 2.05) is 6.07 Å². The lowest BCUT2D eigenvalue weighted by Gasteiger charge is -2.12. The zero-order chi connectivity index (χ0) is 18.6. The second kappa shape index (κ2) is 7.04. The molecule has 134 valence electrons. The number of anilines is 1. The van der Waals surface area contributed by atoms with Gasteiger partial charge in [-0.3, -0.25) is 4.79 Å². The molecule has 0 saturated heterocycles. The fourth-order valence-electron chi connectivity index (χ4n) is 2.58. The average molecular weight is 362 g/mol. The summed E-state index contributed by atoms with van der Waals surface area (Å²) in [6.45, 7) is 0. The van der Waals surface area contributed by atoms with Gasteiger partial charge in [-0.25, -0.2) is 14.3 Å². The number of amides is 1. The lowest BCUT2D eigenvalue weighted by Crippen LogP contribution is -2.15. The fraction of sp³-hybridized carbons (Fsp3) is 0.0588. The minimum absolute atomic E-state index is 0.294. The molecule has 4 aromatic rings. The van der Waals surface area contributed by atoms with Crippen LogP contribution in [0.1, 0.15) is 10.4 Å². The zero-order valence-corrected chi connectivity index (χ0v) is 14.2. The van der Waals surface area contributed by atoms with Crippen LogP contribution in [0.3, 0.4) is 0 Å². The monoisotopic (exact) mass is 362 g/mol. The topological polar surface area (TPSA) is 113 Å². The average Bonchev–Trinajstić information content (AvgIpc) is 3.41. The van der Waals surface area contributed by atoms with Gasteiger partial charge < -0.3 is 10.1 Å². The van der Waals surface area contributed by atoms with Crippen LogP contribution in [0.2, 0.25) is 0 Å². The molecule has 10 nitrogen and oxygen atoms in total. The third kappa shape index (κ3) is 3.35. The molecule has 0 radical (unpaired) electrons. The molecule has 0 bridgehead atoms. The van der Waals surface area contributed by atoms with Crippen LogP contribution in [0.4, 0.5) is 5.69 Å². The van der Waals surface area contributed by atoms with Gasteiger partial charge in [-0.15, -0.1) is 5.10 Å². The first-order valence-corrected chi connectivity index (χ1v) is 7.92. The molecule has 2 aromatic heterocycles. The van der Waals surface area contributed by atoms with Crippen LogP contribution in [0.15, 0.2) is 61.4 Å². The summed E-state index contributed by atoms with van der Waals surface area (Å²) in [7, 11) is 1.55. The highest BCUT2D eigenvalue weighted by molar-refractivity contribution is 6.06. The second-order valence-corrected chi connectivity index (χ2v) is 5.49. The normalized spacial score (nSPS) is 10.6. The molecular formula is C17H14N8O2. The van der Waals surface area contributed by atoms with Crippen LogP contribution in [-0.4, -0.2) is 48.0 Å². The van der Waals surface area contributed by atoms with Crippen LogP contribution in [0.5, 0.6) is 5.75 Å². The number of benzene rings is 2. The van der Waals surface area contributed by atoms with E-state index in [1.165, 1.54) is 28.3 Å². The van der Waals surface area contributed by atoms with E-state index in [9.17, 15) is 4.79 Å². The SMILES string of the molecule is COc1cc(NC(=O)c2ccccc2-n2cncn2)cc(-n2cnnn2)c1. The van der Waals surface area contributed by atoms with Crippen LogP contribution < -0.4 is 10.1 Å². The maximum Gasteiger partial charge on any atom is 0.257 e. The van der Waals surface area contributed by atoms with E-state index in [0.717, 1.165) is 0 Å². The van der Waals surface area contributed by atoms with Crippen LogP contribution in [0.25, 0.3) is 11.4 Å². The lowest BCUT2D eigenvalue weighted by molar-refractivity contribution is 0.102. The Kier molecular flexibility index (Phi) is 4.27. The molecule has 4 rings (SSSR count). The molecule has 10 heteroatoms. The molecule has 0 aliphatic rings. The Morgan fingerprint density at radius 2 is 2.00 bits per heavy atom. The number of nitrogens with zero attached hydrogens (tertiary/aromatic N) is 7. The number of carbonyl (C=O) groups excluding carboxylic acids is 1. The van der Waals surface area contributed by atoms with Crippen molar-refractivity contribution in [1.82, 2.24) is 35.0 Å². The predicted molar refractivity (Wildman–Crippen MR) is 95.0 cm³/mol. The van der Waals surface area contributed by atoms with Crippen molar-refractivity contribution >= 4 is 11.6 Å². The molecule has 1 N–H and O–H groups in total. The van der Waals surface area contributed by atoms with E-state index in [0.29, 0.717) is 28.4 Å². The van der Waals surface area contributed by atoms with Gasteiger partial charge in [0.1, 0.15) is 24.7 Å². The Hall–Kier alpha value is -4.08. The third-order valence-electron chi connectivity index (χ3n) is 3.81. The van der Waals surface area contributed by atoms with Crippen molar-refractivity contribution in [3.05, 3.63) is 67.0 Å². The summed E-state index contributed by atoms with van der Waals surface area (Å²) in [6, 6.07) is 12.3. The van der Waals surface area contributed by atoms with Gasteiger partial charge in [0.25, 0.3) is 5.91 Å². The number of carbonyl (C=O) groups is 1. The van der Waals surface area contributed by atoms with Crippen LogP contribution in [-0.2, 0) is 0 Å². The van der Waals surface area contributed by atoms with Crippen molar-refractivity contribution in [2.75, 3.05) is 12.4 Å². The molecule has 2 heterocycles. The van der Waals surface area contributed by atoms with Gasteiger partial charge in [0, 0.05) is 17.8 Å². The highest BCUT2D eigenvalue weighted by Crippen LogP contribution is 2.24. The molecule has 1 amide bonds. The molecular weight excluding hydrogens is 348 g/mol. The summed E-state index contributed by atoms with van der Waals surface area (Å²) in [5.41, 5.74) is 2.27. The Bertz CT molecular complexity index is 1060. The van der Waals surface area contributed by atoms with Gasteiger partial charge in [0.2, 0.25) is 0 Å². The summed E-state index contributed by atoms with van der Waals surface area (Å²) in [5, 5.41) is 18.1. The Balaban J connectivity index is 1.67. The molecule has 0 aliphatic carbocycles. The summed E-state index contributed by atoms with van der Waals surface area (Å²) >= 11 is 0. The lowest BCUT2D eigenvalue weighted by atomic mass is 10.1. The second-order valence-electron chi connectivity index (χ2n) is 5.49. The number of hydrogen-bond donors (Lipinski definition) is 1. The predicted octanol–water partition coefficient (Wildman–Crippen LogP) is 1.50. The molecule has 0 unspecified atom stereocenters. The smallest absolute Gasteiger partial charge is 0.257 e. The molecule has 2 aromatic carbocycles. The van der Waals surface area contributed by atoms with E-state index >= 15 is 0 Å². The van der Waals surface area contributed by atoms with Crippen molar-refractivity contribution in [2.24, 2.45) is 0 Å². The van der Waals surface area contributed by atoms with Crippen LogP contribution in [0, 0.1) is 0 Å². The van der Waals surface area contributed by atoms with E-state index in [4.69, 9.17) is 4.74 Å². The number of methoxy groups -OCH3 is 1. The Morgan fingerprint density at radius 3 is 2.74 bits per heavy atom. The standard InChI is InChI=1S/C17H14N8O2/c1-27-14-7-12(6-13(8-14)24-11-19-22-23-24)21-17(26)15-4-2-3-5-16(15)25-10-18-9-20-25/h2-11H,1H3,(H,21,26). The van der Waals surface area contributed by atoms with Crippen LogP contribution >= 0.6 is 0 Å². The highest BCUT2D eigenvalue weighted by Gasteiger charge is 2.14. The number of para-hydroxylation sites is 1. The van der Waals surface area contributed by atoms with Crippen molar-refractivity contribution in [2.45, 2.75) is 0 Å². The van der Waals surface area contributed by atoms with E-state index in [-0.39, 0.29) is 5.91 Å². The van der Waals surface area contributed by atoms with Crippen molar-refractivity contribution in [3.63, 3.8) is 0 Å². The fourth-order valence-corrected chi connectivity index (χ4v) is 2.58. The molecule has 0 spiro atoms. The van der Waals surface area contributed by atoms with Gasteiger partial charge in [0.15, 0.2) is 0 Å². The van der Waals surface area contributed by atoms with E-state index in [1.54, 1.807) is 43.5 Å². The number of rotatable bonds is 5. The first kappa shape index (κ1) is 16.4. The van der Waals surface area contributed by atoms with Crippen molar-refractivity contribution in [1.29, 1.82) is 0 Å². The number of hydrogen-bond acceptors (Lipinski definition) is 7. The van der Waals surface area contributed by atoms with Gasteiger partial charge in [-0.2, -0.15) is 5.10 Å². The Labute approximate surface area is 153 Å². The van der Waals surface area contributed by atoms with Crippen molar-refractivity contribution < 1.29 is 9.53 Å². The quantitative estimate of drug-likeness (QED) is 0.572. The summed E-state index contributed by atoms with van der Waals surface area (Å²) in [6.07, 6.45) is 4.41. The van der Waals surface area contributed by atoms with Gasteiger partial charge in [0.05, 0.1) is 24.0 Å². The summed E-state index contributed by atoms with van der Waals surface area (Å²) < 4.78 is 8.32. The van der Waals surface area contributed by atoms with Gasteiger partial charge >= 0.3 is 0 Å². The maximum absolute atomic E-state index is 12.9. The van der Waals surface area contributed by atoms with E-state index < -0.39 is 0 Å². The molecule has 0 atom stereocenters. The number of aromatic nitrogens is 7. The Morgan fingerprint density at radius 1 is 1.11 bits per heavy atom. The van der Waals surface area contributed by atoms with Crippen molar-refractivity contribution in [3.8, 4) is 17.1 Å². The minimum Gasteiger partial charge on any atom is -0.497 e. The zero-order valence-electron chi connectivity index (χ0n) is 14.2. The largest absolute Gasteiger partial charge is 0.497 e. The minimum atomic E-state index is -0.294. The highest BCUT2D eigenvalue weighted by atomic mass is 16.5. The number of tetrazole rings is 1.